The predicted octanol–water partition coefficient (Wildman–Crippen LogP) is 2.89. The first kappa shape index (κ1) is 14.8. The van der Waals surface area contributed by atoms with E-state index in [-0.39, 0.29) is 5.60 Å². The van der Waals surface area contributed by atoms with E-state index in [2.05, 4.69) is 49.2 Å². The molecule has 0 spiro atoms. The minimum atomic E-state index is -1.16. The Balaban J connectivity index is 1.83. The molecule has 0 heterocycles. The van der Waals surface area contributed by atoms with E-state index in [1.807, 2.05) is 7.11 Å². The molecule has 0 bridgehead atoms. The van der Waals surface area contributed by atoms with E-state index in [9.17, 15) is 0 Å². The largest absolute Gasteiger partial charge is 0.377 e. The summed E-state index contributed by atoms with van der Waals surface area (Å²) in [6.07, 6.45) is 3.70. The van der Waals surface area contributed by atoms with E-state index in [1.54, 1.807) is 0 Å². The molecule has 0 unspecified atom stereocenters. The molecule has 1 N–H and O–H groups in total. The van der Waals surface area contributed by atoms with E-state index in [0.717, 1.165) is 13.1 Å². The van der Waals surface area contributed by atoms with Crippen molar-refractivity contribution in [1.82, 2.24) is 5.32 Å². The second-order valence-electron chi connectivity index (χ2n) is 6.79. The van der Waals surface area contributed by atoms with E-state index in [4.69, 9.17) is 4.74 Å². The van der Waals surface area contributed by atoms with Crippen molar-refractivity contribution < 1.29 is 4.74 Å². The Labute approximate surface area is 118 Å². The van der Waals surface area contributed by atoms with Crippen molar-refractivity contribution in [2.45, 2.75) is 51.0 Å². The maximum atomic E-state index is 5.62. The molecule has 1 fully saturated rings. The normalized spacial score (nSPS) is 18.1. The quantitative estimate of drug-likeness (QED) is 0.807. The molecule has 1 aromatic carbocycles. The highest BCUT2D eigenvalue weighted by atomic mass is 28.3. The molecule has 0 amide bonds. The van der Waals surface area contributed by atoms with Gasteiger partial charge in [-0.2, -0.15) is 0 Å². The highest BCUT2D eigenvalue weighted by molar-refractivity contribution is 6.88. The molecule has 106 valence electrons. The lowest BCUT2D eigenvalue weighted by atomic mass is 9.80. The van der Waals surface area contributed by atoms with Gasteiger partial charge in [0.15, 0.2) is 0 Å². The number of hydrogen-bond acceptors (Lipinski definition) is 2. The van der Waals surface area contributed by atoms with Gasteiger partial charge in [-0.1, -0.05) is 49.1 Å². The number of benzene rings is 1. The van der Waals surface area contributed by atoms with Crippen LogP contribution in [0.25, 0.3) is 0 Å². The minimum Gasteiger partial charge on any atom is -0.377 e. The Morgan fingerprint density at radius 3 is 2.21 bits per heavy atom. The average Bonchev–Trinajstić information content (AvgIpc) is 2.32. The van der Waals surface area contributed by atoms with Gasteiger partial charge >= 0.3 is 0 Å². The Hall–Kier alpha value is -0.643. The first-order chi connectivity index (χ1) is 8.95. The molecular formula is C16H27NOSi. The summed E-state index contributed by atoms with van der Waals surface area (Å²) in [5.41, 5.74) is 1.49. The van der Waals surface area contributed by atoms with E-state index < -0.39 is 8.07 Å². The molecule has 0 aromatic heterocycles. The number of ether oxygens (including phenoxy) is 1. The molecule has 0 radical (unpaired) electrons. The fraction of sp³-hybridized carbons (Fsp3) is 0.625. The zero-order chi connectivity index (χ0) is 13.9. The van der Waals surface area contributed by atoms with E-state index in [1.165, 1.54) is 30.0 Å². The van der Waals surface area contributed by atoms with Crippen molar-refractivity contribution in [1.29, 1.82) is 0 Å². The molecule has 1 aliphatic carbocycles. The van der Waals surface area contributed by atoms with Gasteiger partial charge < -0.3 is 10.1 Å². The molecule has 0 aliphatic heterocycles. The fourth-order valence-electron chi connectivity index (χ4n) is 2.58. The second-order valence-corrected chi connectivity index (χ2v) is 11.9. The minimum absolute atomic E-state index is 0.123. The molecular weight excluding hydrogens is 250 g/mol. The van der Waals surface area contributed by atoms with Crippen LogP contribution in [0.2, 0.25) is 19.6 Å². The van der Waals surface area contributed by atoms with Crippen LogP contribution in [0.1, 0.15) is 24.8 Å². The van der Waals surface area contributed by atoms with Gasteiger partial charge in [0.1, 0.15) is 0 Å². The number of nitrogens with one attached hydrogen (secondary N) is 1. The highest BCUT2D eigenvalue weighted by Crippen LogP contribution is 2.34. The zero-order valence-corrected chi connectivity index (χ0v) is 13.8. The Morgan fingerprint density at radius 1 is 1.16 bits per heavy atom. The smallest absolute Gasteiger partial charge is 0.0802 e. The van der Waals surface area contributed by atoms with Gasteiger partial charge in [-0.25, -0.2) is 0 Å². The zero-order valence-electron chi connectivity index (χ0n) is 12.8. The predicted molar refractivity (Wildman–Crippen MR) is 84.7 cm³/mol. The maximum Gasteiger partial charge on any atom is 0.0802 e. The summed E-state index contributed by atoms with van der Waals surface area (Å²) >= 11 is 0. The molecule has 2 rings (SSSR count). The first-order valence-electron chi connectivity index (χ1n) is 7.31. The van der Waals surface area contributed by atoms with Gasteiger partial charge in [-0.15, -0.1) is 0 Å². The van der Waals surface area contributed by atoms with Gasteiger partial charge in [-0.05, 0) is 24.8 Å². The molecule has 3 heteroatoms. The van der Waals surface area contributed by atoms with Crippen LogP contribution in [0.3, 0.4) is 0 Å². The summed E-state index contributed by atoms with van der Waals surface area (Å²) in [6.45, 7) is 9.08. The summed E-state index contributed by atoms with van der Waals surface area (Å²) < 4.78 is 5.62. The van der Waals surface area contributed by atoms with Crippen LogP contribution in [0.5, 0.6) is 0 Å². The lowest BCUT2D eigenvalue weighted by Gasteiger charge is -2.40. The summed E-state index contributed by atoms with van der Waals surface area (Å²) in [5, 5.41) is 5.07. The molecule has 1 aromatic rings. The van der Waals surface area contributed by atoms with Crippen molar-refractivity contribution in [2.75, 3.05) is 13.7 Å². The molecule has 0 saturated heterocycles. The lowest BCUT2D eigenvalue weighted by Crippen LogP contribution is -2.47. The Bertz CT molecular complexity index is 398. The molecule has 19 heavy (non-hydrogen) atoms. The van der Waals surface area contributed by atoms with E-state index >= 15 is 0 Å². The maximum absolute atomic E-state index is 5.62. The third kappa shape index (κ3) is 3.68. The van der Waals surface area contributed by atoms with Crippen LogP contribution < -0.4 is 10.5 Å². The van der Waals surface area contributed by atoms with E-state index in [0.29, 0.717) is 0 Å². The fourth-order valence-corrected chi connectivity index (χ4v) is 3.75. The monoisotopic (exact) mass is 277 g/mol. The molecule has 2 nitrogen and oxygen atoms in total. The lowest BCUT2D eigenvalue weighted by molar-refractivity contribution is -0.0695. The Morgan fingerprint density at radius 2 is 1.79 bits per heavy atom. The summed E-state index contributed by atoms with van der Waals surface area (Å²) in [7, 11) is 0.677. The van der Waals surface area contributed by atoms with Crippen LogP contribution in [0, 0.1) is 0 Å². The van der Waals surface area contributed by atoms with Crippen LogP contribution in [-0.2, 0) is 11.3 Å². The topological polar surface area (TPSA) is 21.3 Å². The molecule has 0 atom stereocenters. The van der Waals surface area contributed by atoms with Crippen molar-refractivity contribution in [3.8, 4) is 0 Å². The van der Waals surface area contributed by atoms with Crippen molar-refractivity contribution in [3.05, 3.63) is 29.8 Å². The van der Waals surface area contributed by atoms with Gasteiger partial charge in [0.25, 0.3) is 0 Å². The molecule has 1 saturated carbocycles. The first-order valence-corrected chi connectivity index (χ1v) is 10.8. The summed E-state index contributed by atoms with van der Waals surface area (Å²) in [6, 6.07) is 9.14. The van der Waals surface area contributed by atoms with Crippen molar-refractivity contribution >= 4 is 13.3 Å². The number of rotatable bonds is 6. The number of hydrogen-bond donors (Lipinski definition) is 1. The highest BCUT2D eigenvalue weighted by Gasteiger charge is 2.36. The van der Waals surface area contributed by atoms with Crippen LogP contribution >= 0.6 is 0 Å². The van der Waals surface area contributed by atoms with Crippen LogP contribution in [0.4, 0.5) is 0 Å². The second kappa shape index (κ2) is 5.78. The Kier molecular flexibility index (Phi) is 4.49. The van der Waals surface area contributed by atoms with Gasteiger partial charge in [-0.3, -0.25) is 0 Å². The number of methoxy groups -OCH3 is 1. The van der Waals surface area contributed by atoms with Gasteiger partial charge in [0, 0.05) is 20.2 Å². The van der Waals surface area contributed by atoms with Crippen molar-refractivity contribution in [3.63, 3.8) is 0 Å². The third-order valence-electron chi connectivity index (χ3n) is 4.29. The van der Waals surface area contributed by atoms with Gasteiger partial charge in [0.2, 0.25) is 0 Å². The van der Waals surface area contributed by atoms with Crippen molar-refractivity contribution in [2.24, 2.45) is 0 Å². The molecule has 1 aliphatic rings. The summed E-state index contributed by atoms with van der Waals surface area (Å²) in [5.74, 6) is 0. The summed E-state index contributed by atoms with van der Waals surface area (Å²) in [4.78, 5) is 0. The van der Waals surface area contributed by atoms with Gasteiger partial charge in [0.05, 0.1) is 13.7 Å². The SMILES string of the molecule is COC1(CNCc2ccc([Si](C)(C)C)cc2)CCC1. The standard InChI is InChI=1S/C16H27NOSi/c1-18-16(10-5-11-16)13-17-12-14-6-8-15(9-7-14)19(2,3)4/h6-9,17H,5,10-13H2,1-4H3. The third-order valence-corrected chi connectivity index (χ3v) is 6.36. The van der Waals surface area contributed by atoms with Crippen LogP contribution in [0.15, 0.2) is 24.3 Å². The average molecular weight is 277 g/mol. The van der Waals surface area contributed by atoms with Crippen LogP contribution in [-0.4, -0.2) is 27.3 Å².